The van der Waals surface area contributed by atoms with Crippen LogP contribution < -0.4 is 5.32 Å². The number of carboxylic acids is 1. The van der Waals surface area contributed by atoms with Crippen LogP contribution in [-0.4, -0.2) is 30.3 Å². The van der Waals surface area contributed by atoms with Gasteiger partial charge in [-0.15, -0.1) is 0 Å². The summed E-state index contributed by atoms with van der Waals surface area (Å²) in [6.45, 7) is 6.63. The van der Waals surface area contributed by atoms with Crippen LogP contribution in [0.5, 0.6) is 0 Å². The summed E-state index contributed by atoms with van der Waals surface area (Å²) < 4.78 is 10.7. The largest absolute Gasteiger partial charge is 0.479 e. The van der Waals surface area contributed by atoms with E-state index >= 15 is 0 Å². The fourth-order valence-corrected chi connectivity index (χ4v) is 3.59. The summed E-state index contributed by atoms with van der Waals surface area (Å²) in [5.74, 6) is -1.36. The molecule has 0 aromatic heterocycles. The molecule has 0 saturated heterocycles. The molecule has 1 rings (SSSR count). The number of carbonyl (C=O) groups is 2. The van der Waals surface area contributed by atoms with E-state index in [1.54, 1.807) is 25.1 Å². The monoisotopic (exact) mass is 461 g/mol. The first-order valence-electron chi connectivity index (χ1n) is 12.6. The Labute approximate surface area is 199 Å². The standard InChI is InChI=1S/C27H43NO5/c1-4-6-7-8-9-10-11-12-13-14-15-16-19-33-27(31)23-18-17-22(3)24(20-23)28-25(32-5-2)21-26(29)30/h17-18,20-21,28H,4-16,19H2,1-3H3,(H,29,30)/b25-21-. The number of rotatable bonds is 19. The number of nitrogens with one attached hydrogen (secondary N) is 1. The Morgan fingerprint density at radius 1 is 0.879 bits per heavy atom. The van der Waals surface area contributed by atoms with Gasteiger partial charge in [0, 0.05) is 5.69 Å². The maximum atomic E-state index is 12.4. The van der Waals surface area contributed by atoms with Gasteiger partial charge in [-0.3, -0.25) is 0 Å². The van der Waals surface area contributed by atoms with Gasteiger partial charge in [-0.2, -0.15) is 0 Å². The SMILES string of the molecule is CCCCCCCCCCCCCCOC(=O)c1ccc(C)c(N/C(=C/C(=O)O)OCC)c1. The average molecular weight is 462 g/mol. The molecule has 0 saturated carbocycles. The molecule has 6 nitrogen and oxygen atoms in total. The zero-order valence-electron chi connectivity index (χ0n) is 20.8. The van der Waals surface area contributed by atoms with Crippen molar-refractivity contribution in [1.29, 1.82) is 0 Å². The average Bonchev–Trinajstić information content (AvgIpc) is 2.78. The quantitative estimate of drug-likeness (QED) is 0.0978. The molecule has 0 amide bonds. The molecule has 1 aromatic carbocycles. The summed E-state index contributed by atoms with van der Waals surface area (Å²) in [6, 6.07) is 5.17. The highest BCUT2D eigenvalue weighted by molar-refractivity contribution is 5.91. The summed E-state index contributed by atoms with van der Waals surface area (Å²) in [5, 5.41) is 11.9. The highest BCUT2D eigenvalue weighted by atomic mass is 16.5. The molecule has 0 unspecified atom stereocenters. The third-order valence-corrected chi connectivity index (χ3v) is 5.52. The van der Waals surface area contributed by atoms with Crippen molar-refractivity contribution in [2.45, 2.75) is 97.8 Å². The van der Waals surface area contributed by atoms with Crippen LogP contribution in [0.15, 0.2) is 30.2 Å². The van der Waals surface area contributed by atoms with Gasteiger partial charge in [0.25, 0.3) is 0 Å². The lowest BCUT2D eigenvalue weighted by atomic mass is 10.1. The zero-order valence-corrected chi connectivity index (χ0v) is 20.8. The van der Waals surface area contributed by atoms with Gasteiger partial charge >= 0.3 is 11.9 Å². The zero-order chi connectivity index (χ0) is 24.3. The summed E-state index contributed by atoms with van der Waals surface area (Å²) in [6.07, 6.45) is 16.1. The predicted octanol–water partition coefficient (Wildman–Crippen LogP) is 7.23. The Kier molecular flexibility index (Phi) is 15.6. The van der Waals surface area contributed by atoms with Crippen molar-refractivity contribution in [3.8, 4) is 0 Å². The number of aryl methyl sites for hydroxylation is 1. The Morgan fingerprint density at radius 3 is 2.00 bits per heavy atom. The van der Waals surface area contributed by atoms with E-state index in [1.807, 2.05) is 6.92 Å². The molecular formula is C27H43NO5. The smallest absolute Gasteiger partial charge is 0.338 e. The van der Waals surface area contributed by atoms with E-state index in [9.17, 15) is 9.59 Å². The maximum Gasteiger partial charge on any atom is 0.338 e. The van der Waals surface area contributed by atoms with Gasteiger partial charge in [-0.25, -0.2) is 9.59 Å². The molecule has 1 aromatic rings. The number of benzene rings is 1. The van der Waals surface area contributed by atoms with Gasteiger partial charge in [0.05, 0.1) is 24.9 Å². The molecule has 0 spiro atoms. The fourth-order valence-electron chi connectivity index (χ4n) is 3.59. The van der Waals surface area contributed by atoms with E-state index in [0.29, 0.717) is 24.5 Å². The Balaban J connectivity index is 2.29. The number of ether oxygens (including phenoxy) is 2. The molecule has 0 aliphatic rings. The van der Waals surface area contributed by atoms with Crippen LogP contribution in [0.4, 0.5) is 5.69 Å². The summed E-state index contributed by atoms with van der Waals surface area (Å²) in [4.78, 5) is 23.4. The topological polar surface area (TPSA) is 84.9 Å². The minimum Gasteiger partial charge on any atom is -0.479 e. The van der Waals surface area contributed by atoms with Crippen molar-refractivity contribution in [3.63, 3.8) is 0 Å². The fraction of sp³-hybridized carbons (Fsp3) is 0.630. The summed E-state index contributed by atoms with van der Waals surface area (Å²) >= 11 is 0. The number of carbonyl (C=O) groups excluding carboxylic acids is 1. The van der Waals surface area contributed by atoms with Crippen LogP contribution in [0.2, 0.25) is 0 Å². The van der Waals surface area contributed by atoms with E-state index in [1.165, 1.54) is 64.2 Å². The summed E-state index contributed by atoms with van der Waals surface area (Å²) in [7, 11) is 0. The lowest BCUT2D eigenvalue weighted by Crippen LogP contribution is -2.10. The van der Waals surface area contributed by atoms with Gasteiger partial charge in [0.15, 0.2) is 5.88 Å². The first kappa shape index (κ1) is 28.5. The van der Waals surface area contributed by atoms with Crippen molar-refractivity contribution in [2.75, 3.05) is 18.5 Å². The highest BCUT2D eigenvalue weighted by Gasteiger charge is 2.11. The van der Waals surface area contributed by atoms with Crippen LogP contribution in [0, 0.1) is 6.92 Å². The Hall–Kier alpha value is -2.50. The Morgan fingerprint density at radius 2 is 1.45 bits per heavy atom. The normalized spacial score (nSPS) is 11.3. The minimum atomic E-state index is -1.11. The molecule has 0 heterocycles. The van der Waals surface area contributed by atoms with Crippen molar-refractivity contribution in [3.05, 3.63) is 41.3 Å². The third kappa shape index (κ3) is 13.6. The van der Waals surface area contributed by atoms with E-state index < -0.39 is 5.97 Å². The van der Waals surface area contributed by atoms with Crippen molar-refractivity contribution in [2.24, 2.45) is 0 Å². The molecule has 0 aliphatic heterocycles. The van der Waals surface area contributed by atoms with Gasteiger partial charge in [0.2, 0.25) is 0 Å². The molecule has 33 heavy (non-hydrogen) atoms. The molecule has 186 valence electrons. The highest BCUT2D eigenvalue weighted by Crippen LogP contribution is 2.20. The number of unbranched alkanes of at least 4 members (excludes halogenated alkanes) is 11. The molecule has 6 heteroatoms. The van der Waals surface area contributed by atoms with Crippen LogP contribution in [0.25, 0.3) is 0 Å². The van der Waals surface area contributed by atoms with Gasteiger partial charge in [-0.1, -0.05) is 83.6 Å². The van der Waals surface area contributed by atoms with E-state index in [-0.39, 0.29) is 11.9 Å². The lowest BCUT2D eigenvalue weighted by Gasteiger charge is -2.14. The second-order valence-corrected chi connectivity index (χ2v) is 8.46. The van der Waals surface area contributed by atoms with Gasteiger partial charge in [-0.05, 0) is 38.0 Å². The van der Waals surface area contributed by atoms with Crippen LogP contribution in [0.3, 0.4) is 0 Å². The predicted molar refractivity (Wildman–Crippen MR) is 134 cm³/mol. The minimum absolute atomic E-state index is 0.120. The number of hydrogen-bond acceptors (Lipinski definition) is 5. The molecule has 2 N–H and O–H groups in total. The van der Waals surface area contributed by atoms with Crippen molar-refractivity contribution in [1.82, 2.24) is 0 Å². The number of esters is 1. The number of hydrogen-bond donors (Lipinski definition) is 2. The van der Waals surface area contributed by atoms with Crippen molar-refractivity contribution < 1.29 is 24.2 Å². The molecule has 0 bridgehead atoms. The molecule has 0 aliphatic carbocycles. The maximum absolute atomic E-state index is 12.4. The van der Waals surface area contributed by atoms with E-state index in [2.05, 4.69) is 12.2 Å². The van der Waals surface area contributed by atoms with Crippen LogP contribution in [-0.2, 0) is 14.3 Å². The third-order valence-electron chi connectivity index (χ3n) is 5.52. The first-order chi connectivity index (χ1) is 16.0. The lowest BCUT2D eigenvalue weighted by molar-refractivity contribution is -0.131. The number of aliphatic carboxylic acids is 1. The molecular weight excluding hydrogens is 418 g/mol. The van der Waals surface area contributed by atoms with Crippen LogP contribution >= 0.6 is 0 Å². The van der Waals surface area contributed by atoms with Gasteiger partial charge < -0.3 is 19.9 Å². The van der Waals surface area contributed by atoms with E-state index in [4.69, 9.17) is 14.6 Å². The molecule has 0 fully saturated rings. The second kappa shape index (κ2) is 18.0. The van der Waals surface area contributed by atoms with Crippen molar-refractivity contribution >= 4 is 17.6 Å². The first-order valence-corrected chi connectivity index (χ1v) is 12.6. The Bertz CT molecular complexity index is 729. The van der Waals surface area contributed by atoms with Gasteiger partial charge in [0.1, 0.15) is 0 Å². The number of anilines is 1. The van der Waals surface area contributed by atoms with Crippen LogP contribution in [0.1, 0.15) is 107 Å². The molecule has 0 atom stereocenters. The van der Waals surface area contributed by atoms with E-state index in [0.717, 1.165) is 24.5 Å². The second-order valence-electron chi connectivity index (χ2n) is 8.46. The summed E-state index contributed by atoms with van der Waals surface area (Å²) in [5.41, 5.74) is 1.90. The number of carboxylic acid groups (broad SMARTS) is 1. The molecule has 0 radical (unpaired) electrons.